The zero-order valence-corrected chi connectivity index (χ0v) is 9.92. The van der Waals surface area contributed by atoms with Gasteiger partial charge < -0.3 is 9.88 Å². The van der Waals surface area contributed by atoms with E-state index in [1.807, 2.05) is 17.8 Å². The molecule has 2 rings (SSSR count). The maximum Gasteiger partial charge on any atom is 0.157 e. The van der Waals surface area contributed by atoms with Crippen molar-refractivity contribution in [3.8, 4) is 0 Å². The van der Waals surface area contributed by atoms with Gasteiger partial charge >= 0.3 is 0 Å². The van der Waals surface area contributed by atoms with E-state index in [9.17, 15) is 0 Å². The van der Waals surface area contributed by atoms with Gasteiger partial charge in [-0.1, -0.05) is 18.7 Å². The molecular weight excluding hydrogens is 208 g/mol. The second kappa shape index (κ2) is 4.70. The maximum atomic E-state index is 4.51. The predicted molar refractivity (Wildman–Crippen MR) is 64.0 cm³/mol. The molecule has 5 heteroatoms. The van der Waals surface area contributed by atoms with Crippen molar-refractivity contribution in [2.45, 2.75) is 25.9 Å². The molecular formula is C10H16N4S. The molecule has 0 radical (unpaired) electrons. The summed E-state index contributed by atoms with van der Waals surface area (Å²) < 4.78 is 2.00. The monoisotopic (exact) mass is 224 g/mol. The highest BCUT2D eigenvalue weighted by molar-refractivity contribution is 8.14. The number of thioether (sulfide) groups is 1. The highest BCUT2D eigenvalue weighted by Gasteiger charge is 2.17. The van der Waals surface area contributed by atoms with Crippen LogP contribution in [-0.2, 0) is 13.6 Å². The second-order valence-corrected chi connectivity index (χ2v) is 4.64. The van der Waals surface area contributed by atoms with Gasteiger partial charge in [0.15, 0.2) is 5.17 Å². The first-order chi connectivity index (χ1) is 7.29. The molecule has 1 aromatic rings. The van der Waals surface area contributed by atoms with Gasteiger partial charge in [-0.05, 0) is 6.42 Å². The lowest BCUT2D eigenvalue weighted by atomic mass is 10.3. The number of hydrogen-bond donors (Lipinski definition) is 1. The van der Waals surface area contributed by atoms with Gasteiger partial charge in [0.1, 0.15) is 5.82 Å². The number of aliphatic imine (C=N–C) groups is 1. The number of imidazole rings is 1. The van der Waals surface area contributed by atoms with Crippen LogP contribution in [0, 0.1) is 0 Å². The minimum absolute atomic E-state index is 0.593. The third kappa shape index (κ3) is 2.53. The molecule has 0 aromatic carbocycles. The van der Waals surface area contributed by atoms with Crippen LogP contribution in [0.15, 0.2) is 17.4 Å². The molecule has 0 bridgehead atoms. The molecule has 1 atom stereocenters. The summed E-state index contributed by atoms with van der Waals surface area (Å²) in [5.74, 6) is 2.14. The summed E-state index contributed by atoms with van der Waals surface area (Å²) in [6, 6.07) is 0.593. The molecule has 2 heterocycles. The fraction of sp³-hybridized carbons (Fsp3) is 0.600. The molecule has 1 fully saturated rings. The molecule has 1 N–H and O–H groups in total. The van der Waals surface area contributed by atoms with Crippen molar-refractivity contribution in [2.24, 2.45) is 12.0 Å². The third-order valence-electron chi connectivity index (χ3n) is 2.53. The smallest absolute Gasteiger partial charge is 0.157 e. The summed E-state index contributed by atoms with van der Waals surface area (Å²) in [4.78, 5) is 8.74. The average molecular weight is 224 g/mol. The Labute approximate surface area is 94.2 Å². The van der Waals surface area contributed by atoms with Crippen LogP contribution in [0.5, 0.6) is 0 Å². The van der Waals surface area contributed by atoms with Crippen LogP contribution in [0.25, 0.3) is 0 Å². The summed E-state index contributed by atoms with van der Waals surface area (Å²) in [5, 5.41) is 4.46. The number of rotatable bonds is 3. The normalized spacial score (nSPS) is 23.3. The highest BCUT2D eigenvalue weighted by atomic mass is 32.2. The van der Waals surface area contributed by atoms with Crippen molar-refractivity contribution in [1.29, 1.82) is 0 Å². The Balaban J connectivity index is 1.93. The lowest BCUT2D eigenvalue weighted by Gasteiger charge is -2.04. The summed E-state index contributed by atoms with van der Waals surface area (Å²) in [6.07, 6.45) is 4.91. The highest BCUT2D eigenvalue weighted by Crippen LogP contribution is 2.16. The molecule has 15 heavy (non-hydrogen) atoms. The summed E-state index contributed by atoms with van der Waals surface area (Å²) >= 11 is 1.80. The third-order valence-corrected chi connectivity index (χ3v) is 3.62. The van der Waals surface area contributed by atoms with Crippen LogP contribution in [0.3, 0.4) is 0 Å². The van der Waals surface area contributed by atoms with E-state index in [0.29, 0.717) is 12.6 Å². The summed E-state index contributed by atoms with van der Waals surface area (Å²) in [6.45, 7) is 2.86. The van der Waals surface area contributed by atoms with Crippen LogP contribution in [0.4, 0.5) is 0 Å². The zero-order valence-electron chi connectivity index (χ0n) is 9.10. The molecule has 0 amide bonds. The largest absolute Gasteiger partial charge is 0.361 e. The van der Waals surface area contributed by atoms with Crippen molar-refractivity contribution in [3.05, 3.63) is 18.2 Å². The van der Waals surface area contributed by atoms with Gasteiger partial charge in [0.25, 0.3) is 0 Å². The van der Waals surface area contributed by atoms with E-state index >= 15 is 0 Å². The van der Waals surface area contributed by atoms with Crippen LogP contribution in [0.2, 0.25) is 0 Å². The number of aromatic nitrogens is 2. The van der Waals surface area contributed by atoms with Gasteiger partial charge in [0.2, 0.25) is 0 Å². The summed E-state index contributed by atoms with van der Waals surface area (Å²) in [7, 11) is 1.99. The Kier molecular flexibility index (Phi) is 3.30. The molecule has 4 nitrogen and oxygen atoms in total. The quantitative estimate of drug-likeness (QED) is 0.843. The Morgan fingerprint density at radius 3 is 3.20 bits per heavy atom. The predicted octanol–water partition coefficient (Wildman–Crippen LogP) is 1.39. The van der Waals surface area contributed by atoms with E-state index in [2.05, 4.69) is 22.2 Å². The van der Waals surface area contributed by atoms with Crippen LogP contribution in [-0.4, -0.2) is 26.5 Å². The van der Waals surface area contributed by atoms with Crippen LogP contribution in [0.1, 0.15) is 19.2 Å². The van der Waals surface area contributed by atoms with Crippen molar-refractivity contribution in [2.75, 3.05) is 5.75 Å². The summed E-state index contributed by atoms with van der Waals surface area (Å²) in [5.41, 5.74) is 0. The first-order valence-electron chi connectivity index (χ1n) is 5.19. The van der Waals surface area contributed by atoms with E-state index in [1.54, 1.807) is 18.0 Å². The molecule has 1 aromatic heterocycles. The Morgan fingerprint density at radius 2 is 2.60 bits per heavy atom. The fourth-order valence-electron chi connectivity index (χ4n) is 1.44. The number of amidine groups is 1. The molecule has 0 saturated carbocycles. The van der Waals surface area contributed by atoms with Crippen molar-refractivity contribution >= 4 is 16.9 Å². The Bertz CT molecular complexity index is 358. The first-order valence-corrected chi connectivity index (χ1v) is 6.18. The Morgan fingerprint density at radius 1 is 1.73 bits per heavy atom. The van der Waals surface area contributed by atoms with Gasteiger partial charge in [0, 0.05) is 31.2 Å². The van der Waals surface area contributed by atoms with Crippen molar-refractivity contribution in [3.63, 3.8) is 0 Å². The second-order valence-electron chi connectivity index (χ2n) is 3.64. The number of hydrogen-bond acceptors (Lipinski definition) is 3. The zero-order chi connectivity index (χ0) is 10.7. The topological polar surface area (TPSA) is 42.2 Å². The Hall–Kier alpha value is -0.970. The van der Waals surface area contributed by atoms with Crippen molar-refractivity contribution in [1.82, 2.24) is 14.9 Å². The van der Waals surface area contributed by atoms with E-state index < -0.39 is 0 Å². The fourth-order valence-corrected chi connectivity index (χ4v) is 2.52. The lowest BCUT2D eigenvalue weighted by Crippen LogP contribution is -2.25. The van der Waals surface area contributed by atoms with E-state index in [4.69, 9.17) is 0 Å². The van der Waals surface area contributed by atoms with Crippen LogP contribution < -0.4 is 5.32 Å². The molecule has 82 valence electrons. The van der Waals surface area contributed by atoms with Gasteiger partial charge in [-0.3, -0.25) is 4.99 Å². The molecule has 1 aliphatic rings. The van der Waals surface area contributed by atoms with Crippen LogP contribution >= 0.6 is 11.8 Å². The molecule has 1 saturated heterocycles. The number of nitrogens with zero attached hydrogens (tertiary/aromatic N) is 3. The molecule has 1 unspecified atom stereocenters. The molecule has 0 aliphatic carbocycles. The van der Waals surface area contributed by atoms with E-state index in [0.717, 1.165) is 23.2 Å². The average Bonchev–Trinajstić information content (AvgIpc) is 2.84. The maximum absolute atomic E-state index is 4.51. The van der Waals surface area contributed by atoms with Gasteiger partial charge in [-0.25, -0.2) is 4.98 Å². The van der Waals surface area contributed by atoms with E-state index in [-0.39, 0.29) is 0 Å². The molecule has 0 spiro atoms. The van der Waals surface area contributed by atoms with E-state index in [1.165, 1.54) is 0 Å². The SMILES string of the molecule is CCC1CSC(=NCc2nccn2C)N1. The first kappa shape index (κ1) is 10.5. The van der Waals surface area contributed by atoms with Gasteiger partial charge in [-0.15, -0.1) is 0 Å². The van der Waals surface area contributed by atoms with Gasteiger partial charge in [0.05, 0.1) is 6.54 Å². The standard InChI is InChI=1S/C10H16N4S/c1-3-8-7-15-10(13-8)12-6-9-11-4-5-14(9)2/h4-5,8H,3,6-7H2,1-2H3,(H,12,13). The van der Waals surface area contributed by atoms with Crippen molar-refractivity contribution < 1.29 is 0 Å². The lowest BCUT2D eigenvalue weighted by molar-refractivity contribution is 0.665. The minimum Gasteiger partial charge on any atom is -0.361 e. The van der Waals surface area contributed by atoms with Gasteiger partial charge in [-0.2, -0.15) is 0 Å². The minimum atomic E-state index is 0.593. The number of nitrogens with one attached hydrogen (secondary N) is 1. The number of aryl methyl sites for hydroxylation is 1. The molecule has 1 aliphatic heterocycles.